The number of hydrogen-bond acceptors (Lipinski definition) is 5. The summed E-state index contributed by atoms with van der Waals surface area (Å²) >= 11 is 0. The van der Waals surface area contributed by atoms with Crippen LogP contribution in [0.4, 0.5) is 0 Å². The number of hydroxylamine groups is 1. The van der Waals surface area contributed by atoms with Crippen molar-refractivity contribution in [3.63, 3.8) is 0 Å². The number of nitrogens with one attached hydrogen (secondary N) is 1. The van der Waals surface area contributed by atoms with Gasteiger partial charge in [0, 0.05) is 5.56 Å². The quantitative estimate of drug-likeness (QED) is 0.669. The molecule has 0 saturated heterocycles. The van der Waals surface area contributed by atoms with Gasteiger partial charge in [-0.2, -0.15) is 0 Å². The number of ether oxygens (including phenoxy) is 2. The number of benzene rings is 2. The molecule has 0 aromatic heterocycles. The van der Waals surface area contributed by atoms with Crippen molar-refractivity contribution in [3.05, 3.63) is 60.2 Å². The molecular weight excluding hydrogens is 284 g/mol. The highest BCUT2D eigenvalue weighted by Gasteiger charge is 2.26. The Hall–Kier alpha value is -2.86. The number of rotatable bonds is 4. The topological polar surface area (TPSA) is 80.2 Å². The average Bonchev–Trinajstić information content (AvgIpc) is 3.05. The van der Waals surface area contributed by atoms with Crippen molar-refractivity contribution in [1.29, 1.82) is 0 Å². The van der Waals surface area contributed by atoms with Gasteiger partial charge in [-0.15, -0.1) is 0 Å². The van der Waals surface area contributed by atoms with Gasteiger partial charge in [0.1, 0.15) is 18.1 Å². The Kier molecular flexibility index (Phi) is 4.02. The molecule has 1 heterocycles. The van der Waals surface area contributed by atoms with Gasteiger partial charge in [-0.25, -0.2) is 10.5 Å². The van der Waals surface area contributed by atoms with Crippen LogP contribution in [-0.4, -0.2) is 29.7 Å². The molecule has 6 heteroatoms. The molecule has 0 saturated carbocycles. The van der Waals surface area contributed by atoms with E-state index in [1.807, 2.05) is 48.5 Å². The zero-order valence-electron chi connectivity index (χ0n) is 11.6. The maximum Gasteiger partial charge on any atom is 0.271 e. The molecule has 2 aromatic rings. The lowest BCUT2D eigenvalue weighted by Gasteiger charge is -2.07. The third-order valence-electron chi connectivity index (χ3n) is 3.12. The summed E-state index contributed by atoms with van der Waals surface area (Å²) in [6.07, 6.45) is 0. The summed E-state index contributed by atoms with van der Waals surface area (Å²) in [5, 5.41) is 8.62. The number of amides is 1. The minimum Gasteiger partial charge on any atom is -0.475 e. The minimum atomic E-state index is -0.737. The van der Waals surface area contributed by atoms with Gasteiger partial charge in [-0.1, -0.05) is 24.3 Å². The van der Waals surface area contributed by atoms with Crippen LogP contribution in [0.1, 0.15) is 5.56 Å². The first-order valence-corrected chi connectivity index (χ1v) is 6.74. The number of aliphatic imine (C=N–C) groups is 1. The first-order valence-electron chi connectivity index (χ1n) is 6.74. The van der Waals surface area contributed by atoms with Crippen molar-refractivity contribution in [1.82, 2.24) is 5.48 Å². The normalized spacial score (nSPS) is 16.6. The fraction of sp³-hybridized carbons (Fsp3) is 0.125. The van der Waals surface area contributed by atoms with E-state index in [1.54, 1.807) is 11.5 Å². The molecule has 1 atom stereocenters. The third-order valence-corrected chi connectivity index (χ3v) is 3.12. The summed E-state index contributed by atoms with van der Waals surface area (Å²) in [6.45, 7) is 0.103. The van der Waals surface area contributed by atoms with Crippen LogP contribution in [0.15, 0.2) is 59.6 Å². The second-order valence-electron chi connectivity index (χ2n) is 4.68. The monoisotopic (exact) mass is 298 g/mol. The summed E-state index contributed by atoms with van der Waals surface area (Å²) in [4.78, 5) is 15.5. The minimum absolute atomic E-state index is 0.103. The highest BCUT2D eigenvalue weighted by molar-refractivity contribution is 5.98. The van der Waals surface area contributed by atoms with Gasteiger partial charge in [0.15, 0.2) is 6.04 Å². The Balaban J connectivity index is 1.79. The van der Waals surface area contributed by atoms with Crippen LogP contribution < -0.4 is 10.2 Å². The van der Waals surface area contributed by atoms with Crippen molar-refractivity contribution in [3.8, 4) is 11.5 Å². The molecule has 6 nitrogen and oxygen atoms in total. The van der Waals surface area contributed by atoms with Crippen LogP contribution in [0.3, 0.4) is 0 Å². The van der Waals surface area contributed by atoms with Gasteiger partial charge >= 0.3 is 0 Å². The molecule has 22 heavy (non-hydrogen) atoms. The van der Waals surface area contributed by atoms with Gasteiger partial charge in [-0.3, -0.25) is 10.0 Å². The second-order valence-corrected chi connectivity index (χ2v) is 4.68. The maximum atomic E-state index is 11.3. The lowest BCUT2D eigenvalue weighted by molar-refractivity contribution is -0.130. The van der Waals surface area contributed by atoms with E-state index in [4.69, 9.17) is 14.7 Å². The van der Waals surface area contributed by atoms with E-state index in [-0.39, 0.29) is 6.61 Å². The number of hydrogen-bond donors (Lipinski definition) is 2. The number of nitrogens with zero attached hydrogens (tertiary/aromatic N) is 1. The molecule has 0 bridgehead atoms. The zero-order chi connectivity index (χ0) is 15.4. The Morgan fingerprint density at radius 3 is 2.73 bits per heavy atom. The molecule has 112 valence electrons. The van der Waals surface area contributed by atoms with Crippen molar-refractivity contribution < 1.29 is 19.5 Å². The van der Waals surface area contributed by atoms with Crippen LogP contribution in [0.25, 0.3) is 0 Å². The van der Waals surface area contributed by atoms with Crippen LogP contribution in [-0.2, 0) is 9.53 Å². The highest BCUT2D eigenvalue weighted by atomic mass is 16.5. The Morgan fingerprint density at radius 1 is 1.18 bits per heavy atom. The first-order chi connectivity index (χ1) is 10.8. The molecule has 1 amide bonds. The lowest BCUT2D eigenvalue weighted by atomic mass is 10.2. The van der Waals surface area contributed by atoms with E-state index < -0.39 is 11.9 Å². The van der Waals surface area contributed by atoms with Crippen molar-refractivity contribution in [2.24, 2.45) is 4.99 Å². The Morgan fingerprint density at radius 2 is 1.95 bits per heavy atom. The smallest absolute Gasteiger partial charge is 0.271 e. The van der Waals surface area contributed by atoms with Crippen LogP contribution in [0.2, 0.25) is 0 Å². The van der Waals surface area contributed by atoms with E-state index in [9.17, 15) is 4.79 Å². The fourth-order valence-corrected chi connectivity index (χ4v) is 2.06. The molecule has 0 unspecified atom stereocenters. The number of para-hydroxylation sites is 1. The zero-order valence-corrected chi connectivity index (χ0v) is 11.6. The predicted octanol–water partition coefficient (Wildman–Crippen LogP) is 2.13. The molecule has 2 N–H and O–H groups in total. The first kappa shape index (κ1) is 14.1. The van der Waals surface area contributed by atoms with E-state index in [0.717, 1.165) is 5.75 Å². The third kappa shape index (κ3) is 3.07. The fourth-order valence-electron chi connectivity index (χ4n) is 2.06. The van der Waals surface area contributed by atoms with Gasteiger partial charge < -0.3 is 9.47 Å². The van der Waals surface area contributed by atoms with E-state index in [2.05, 4.69) is 4.99 Å². The van der Waals surface area contributed by atoms with Crippen LogP contribution in [0.5, 0.6) is 11.5 Å². The molecule has 0 spiro atoms. The molecule has 1 aliphatic heterocycles. The molecule has 0 radical (unpaired) electrons. The molecule has 1 aliphatic rings. The molecule has 0 fully saturated rings. The summed E-state index contributed by atoms with van der Waals surface area (Å²) in [6, 6.07) is 15.9. The summed E-state index contributed by atoms with van der Waals surface area (Å²) in [5.41, 5.74) is 2.28. The molecule has 0 aliphatic carbocycles. The average molecular weight is 298 g/mol. The predicted molar refractivity (Wildman–Crippen MR) is 79.2 cm³/mol. The molecule has 3 rings (SSSR count). The van der Waals surface area contributed by atoms with E-state index in [1.165, 1.54) is 0 Å². The summed E-state index contributed by atoms with van der Waals surface area (Å²) in [5.74, 6) is 1.13. The van der Waals surface area contributed by atoms with E-state index in [0.29, 0.717) is 17.2 Å². The van der Waals surface area contributed by atoms with Crippen molar-refractivity contribution in [2.75, 3.05) is 6.61 Å². The molecule has 2 aromatic carbocycles. The Bertz CT molecular complexity index is 700. The van der Waals surface area contributed by atoms with Crippen LogP contribution in [0, 0.1) is 0 Å². The number of carbonyl (C=O) groups is 1. The lowest BCUT2D eigenvalue weighted by Crippen LogP contribution is -2.31. The van der Waals surface area contributed by atoms with Gasteiger partial charge in [0.05, 0.1) is 0 Å². The summed E-state index contributed by atoms with van der Waals surface area (Å²) in [7, 11) is 0. The SMILES string of the molecule is O=C(NO)[C@H]1COC(c2cccc(Oc3ccccc3)c2)=N1. The van der Waals surface area contributed by atoms with E-state index >= 15 is 0 Å². The Labute approximate surface area is 127 Å². The standard InChI is InChI=1S/C16H14N2O4/c19-15(18-20)14-10-21-16(17-14)11-5-4-8-13(9-11)22-12-6-2-1-3-7-12/h1-9,14,20H,10H2,(H,18,19)/t14-/m1/s1. The maximum absolute atomic E-state index is 11.3. The van der Waals surface area contributed by atoms with Gasteiger partial charge in [0.25, 0.3) is 5.91 Å². The second kappa shape index (κ2) is 6.28. The van der Waals surface area contributed by atoms with Gasteiger partial charge in [0.2, 0.25) is 5.90 Å². The molecular formula is C16H14N2O4. The van der Waals surface area contributed by atoms with Crippen molar-refractivity contribution >= 4 is 11.8 Å². The highest BCUT2D eigenvalue weighted by Crippen LogP contribution is 2.23. The van der Waals surface area contributed by atoms with Gasteiger partial charge in [-0.05, 0) is 30.3 Å². The van der Waals surface area contributed by atoms with Crippen molar-refractivity contribution in [2.45, 2.75) is 6.04 Å². The van der Waals surface area contributed by atoms with Crippen LogP contribution >= 0.6 is 0 Å². The number of carbonyl (C=O) groups excluding carboxylic acids is 1. The largest absolute Gasteiger partial charge is 0.475 e. The summed E-state index contributed by atoms with van der Waals surface area (Å²) < 4.78 is 11.1.